The van der Waals surface area contributed by atoms with Gasteiger partial charge in [0.25, 0.3) is 5.91 Å². The predicted octanol–water partition coefficient (Wildman–Crippen LogP) is 2.41. The number of carbonyl (C=O) groups excluding carboxylic acids is 1. The number of carbonyl (C=O) groups is 1. The van der Waals surface area contributed by atoms with Crippen LogP contribution >= 0.6 is 0 Å². The fraction of sp³-hybridized carbons (Fsp3) is 0.250. The maximum atomic E-state index is 12.4. The summed E-state index contributed by atoms with van der Waals surface area (Å²) in [5.41, 5.74) is 2.23. The smallest absolute Gasteiger partial charge is 0.254 e. The van der Waals surface area contributed by atoms with E-state index < -0.39 is 0 Å². The number of aromatic nitrogens is 4. The van der Waals surface area contributed by atoms with Crippen LogP contribution in [-0.4, -0.2) is 25.9 Å². The minimum atomic E-state index is -0.278. The Hall–Kier alpha value is -2.76. The topological polar surface area (TPSA) is 72.7 Å². The third-order valence-electron chi connectivity index (χ3n) is 3.48. The number of nitrogens with zero attached hydrogens (tertiary/aromatic N) is 4. The average Bonchev–Trinajstić information content (AvgIpc) is 2.96. The summed E-state index contributed by atoms with van der Waals surface area (Å²) < 4.78 is 1.76. The zero-order valence-electron chi connectivity index (χ0n) is 12.5. The van der Waals surface area contributed by atoms with Crippen molar-refractivity contribution in [1.29, 1.82) is 0 Å². The molecule has 1 N–H and O–H groups in total. The van der Waals surface area contributed by atoms with Crippen molar-refractivity contribution < 1.29 is 4.79 Å². The Kier molecular flexibility index (Phi) is 3.82. The standard InChI is InChI=1S/C16H17N5O/c1-11(2)15(18-16(22)12-6-5-9-17-10-12)21-14-8-4-3-7-13(14)19-20-21/h3-11,15H,1-2H3,(H,18,22). The van der Waals surface area contributed by atoms with Gasteiger partial charge < -0.3 is 5.32 Å². The van der Waals surface area contributed by atoms with Gasteiger partial charge in [0.15, 0.2) is 0 Å². The third kappa shape index (κ3) is 2.67. The fourth-order valence-electron chi connectivity index (χ4n) is 2.32. The molecule has 0 bridgehead atoms. The van der Waals surface area contributed by atoms with Gasteiger partial charge in [-0.05, 0) is 30.2 Å². The first-order valence-electron chi connectivity index (χ1n) is 7.17. The molecule has 0 spiro atoms. The predicted molar refractivity (Wildman–Crippen MR) is 83.1 cm³/mol. The zero-order valence-corrected chi connectivity index (χ0v) is 12.5. The van der Waals surface area contributed by atoms with Crippen LogP contribution in [0.15, 0.2) is 48.8 Å². The zero-order chi connectivity index (χ0) is 15.5. The van der Waals surface area contributed by atoms with Crippen molar-refractivity contribution in [2.75, 3.05) is 0 Å². The third-order valence-corrected chi connectivity index (χ3v) is 3.48. The lowest BCUT2D eigenvalue weighted by Crippen LogP contribution is -2.36. The van der Waals surface area contributed by atoms with Crippen LogP contribution in [0, 0.1) is 5.92 Å². The lowest BCUT2D eigenvalue weighted by molar-refractivity contribution is 0.0895. The van der Waals surface area contributed by atoms with Crippen molar-refractivity contribution in [3.8, 4) is 0 Å². The van der Waals surface area contributed by atoms with Gasteiger partial charge in [-0.15, -0.1) is 5.10 Å². The molecule has 1 unspecified atom stereocenters. The van der Waals surface area contributed by atoms with Gasteiger partial charge in [-0.2, -0.15) is 0 Å². The van der Waals surface area contributed by atoms with Gasteiger partial charge >= 0.3 is 0 Å². The highest BCUT2D eigenvalue weighted by molar-refractivity contribution is 5.94. The Bertz CT molecular complexity index is 781. The van der Waals surface area contributed by atoms with Gasteiger partial charge in [0.1, 0.15) is 11.7 Å². The van der Waals surface area contributed by atoms with Crippen molar-refractivity contribution in [1.82, 2.24) is 25.3 Å². The maximum Gasteiger partial charge on any atom is 0.254 e. The van der Waals surface area contributed by atoms with Gasteiger partial charge in [-0.25, -0.2) is 4.68 Å². The highest BCUT2D eigenvalue weighted by atomic mass is 16.1. The van der Waals surface area contributed by atoms with Crippen molar-refractivity contribution in [2.24, 2.45) is 5.92 Å². The van der Waals surface area contributed by atoms with Crippen LogP contribution < -0.4 is 5.32 Å². The Morgan fingerprint density at radius 3 is 2.73 bits per heavy atom. The first-order chi connectivity index (χ1) is 10.7. The second-order valence-electron chi connectivity index (χ2n) is 5.43. The maximum absolute atomic E-state index is 12.4. The Balaban J connectivity index is 1.92. The van der Waals surface area contributed by atoms with Crippen LogP contribution in [0.3, 0.4) is 0 Å². The summed E-state index contributed by atoms with van der Waals surface area (Å²) in [4.78, 5) is 16.4. The molecule has 0 aliphatic carbocycles. The molecule has 0 saturated carbocycles. The van der Waals surface area contributed by atoms with Gasteiger partial charge in [0.05, 0.1) is 11.1 Å². The average molecular weight is 295 g/mol. The molecule has 0 aliphatic rings. The van der Waals surface area contributed by atoms with E-state index in [1.54, 1.807) is 29.2 Å². The number of nitrogens with one attached hydrogen (secondary N) is 1. The van der Waals surface area contributed by atoms with Crippen molar-refractivity contribution in [3.05, 3.63) is 54.4 Å². The molecule has 1 aromatic carbocycles. The molecule has 6 heteroatoms. The Labute approximate surface area is 128 Å². The molecule has 22 heavy (non-hydrogen) atoms. The van der Waals surface area contributed by atoms with Crippen molar-refractivity contribution in [2.45, 2.75) is 20.0 Å². The normalized spacial score (nSPS) is 12.5. The van der Waals surface area contributed by atoms with Crippen LogP contribution in [-0.2, 0) is 0 Å². The van der Waals surface area contributed by atoms with E-state index in [0.717, 1.165) is 11.0 Å². The number of rotatable bonds is 4. The molecule has 3 aromatic rings. The summed E-state index contributed by atoms with van der Waals surface area (Å²) in [6, 6.07) is 11.2. The van der Waals surface area contributed by atoms with Crippen LogP contribution in [0.25, 0.3) is 11.0 Å². The van der Waals surface area contributed by atoms with E-state index in [-0.39, 0.29) is 18.0 Å². The number of benzene rings is 1. The van der Waals surface area contributed by atoms with E-state index in [2.05, 4.69) is 20.6 Å². The first-order valence-corrected chi connectivity index (χ1v) is 7.17. The Morgan fingerprint density at radius 1 is 1.18 bits per heavy atom. The van der Waals surface area contributed by atoms with Gasteiger partial charge in [0.2, 0.25) is 0 Å². The van der Waals surface area contributed by atoms with E-state index in [1.165, 1.54) is 0 Å². The molecule has 0 aliphatic heterocycles. The lowest BCUT2D eigenvalue weighted by Gasteiger charge is -2.23. The first kappa shape index (κ1) is 14.2. The molecule has 2 heterocycles. The number of hydrogen-bond donors (Lipinski definition) is 1. The summed E-state index contributed by atoms with van der Waals surface area (Å²) >= 11 is 0. The molecular formula is C16H17N5O. The number of pyridine rings is 1. The Morgan fingerprint density at radius 2 is 2.00 bits per heavy atom. The van der Waals surface area contributed by atoms with Crippen molar-refractivity contribution >= 4 is 16.9 Å². The van der Waals surface area contributed by atoms with Crippen LogP contribution in [0.5, 0.6) is 0 Å². The lowest BCUT2D eigenvalue weighted by atomic mass is 10.1. The monoisotopic (exact) mass is 295 g/mol. The summed E-state index contributed by atoms with van der Waals surface area (Å²) in [7, 11) is 0. The SMILES string of the molecule is CC(C)C(NC(=O)c1cccnc1)n1nnc2ccccc21. The largest absolute Gasteiger partial charge is 0.330 e. The van der Waals surface area contributed by atoms with E-state index in [4.69, 9.17) is 0 Å². The van der Waals surface area contributed by atoms with E-state index in [1.807, 2.05) is 38.1 Å². The number of hydrogen-bond acceptors (Lipinski definition) is 4. The minimum absolute atomic E-state index is 0.158. The van der Waals surface area contributed by atoms with E-state index in [9.17, 15) is 4.79 Å². The molecule has 3 rings (SSSR count). The molecule has 0 saturated heterocycles. The molecule has 0 radical (unpaired) electrons. The summed E-state index contributed by atoms with van der Waals surface area (Å²) in [6.07, 6.45) is 2.91. The van der Waals surface area contributed by atoms with Gasteiger partial charge in [0, 0.05) is 12.4 Å². The molecule has 1 amide bonds. The molecule has 112 valence electrons. The van der Waals surface area contributed by atoms with E-state index in [0.29, 0.717) is 5.56 Å². The van der Waals surface area contributed by atoms with Crippen LogP contribution in [0.2, 0.25) is 0 Å². The van der Waals surface area contributed by atoms with Gasteiger partial charge in [-0.1, -0.05) is 31.2 Å². The summed E-state index contributed by atoms with van der Waals surface area (Å²) in [6.45, 7) is 4.06. The highest BCUT2D eigenvalue weighted by Crippen LogP contribution is 2.20. The highest BCUT2D eigenvalue weighted by Gasteiger charge is 2.22. The molecular weight excluding hydrogens is 278 g/mol. The molecule has 6 nitrogen and oxygen atoms in total. The van der Waals surface area contributed by atoms with Crippen molar-refractivity contribution in [3.63, 3.8) is 0 Å². The summed E-state index contributed by atoms with van der Waals surface area (Å²) in [5, 5.41) is 11.4. The number of para-hydroxylation sites is 1. The minimum Gasteiger partial charge on any atom is -0.330 e. The molecule has 0 fully saturated rings. The van der Waals surface area contributed by atoms with Crippen LogP contribution in [0.1, 0.15) is 30.4 Å². The van der Waals surface area contributed by atoms with Gasteiger partial charge in [-0.3, -0.25) is 9.78 Å². The second-order valence-corrected chi connectivity index (χ2v) is 5.43. The van der Waals surface area contributed by atoms with E-state index >= 15 is 0 Å². The number of amides is 1. The molecule has 2 aromatic heterocycles. The quantitative estimate of drug-likeness (QED) is 0.802. The molecule has 1 atom stereocenters. The fourth-order valence-corrected chi connectivity index (χ4v) is 2.32. The summed E-state index contributed by atoms with van der Waals surface area (Å²) in [5.74, 6) is -0.0166. The number of fused-ring (bicyclic) bond motifs is 1. The second kappa shape index (κ2) is 5.93. The van der Waals surface area contributed by atoms with Crippen LogP contribution in [0.4, 0.5) is 0 Å².